The van der Waals surface area contributed by atoms with Gasteiger partial charge in [0.1, 0.15) is 11.9 Å². The lowest BCUT2D eigenvalue weighted by atomic mass is 10.1. The van der Waals surface area contributed by atoms with Crippen LogP contribution in [0.1, 0.15) is 24.6 Å². The largest absolute Gasteiger partial charge is 0.493 e. The van der Waals surface area contributed by atoms with Crippen molar-refractivity contribution in [3.8, 4) is 28.5 Å². The fraction of sp³-hybridized carbons (Fsp3) is 0.368. The summed E-state index contributed by atoms with van der Waals surface area (Å²) in [5.74, 6) is 1.59. The minimum atomic E-state index is -0.302. The number of nitrogens with zero attached hydrogens (tertiary/aromatic N) is 3. The smallest absolute Gasteiger partial charge is 0.320 e. The number of aromatic nitrogens is 4. The predicted octanol–water partition coefficient (Wildman–Crippen LogP) is 2.38. The predicted molar refractivity (Wildman–Crippen MR) is 97.1 cm³/mol. The van der Waals surface area contributed by atoms with Crippen molar-refractivity contribution in [1.82, 2.24) is 14.5 Å². The quantitative estimate of drug-likeness (QED) is 0.686. The zero-order valence-corrected chi connectivity index (χ0v) is 15.7. The Morgan fingerprint density at radius 2 is 1.81 bits per heavy atom. The molecule has 4 rings (SSSR count). The molecule has 1 N–H and O–H groups in total. The molecule has 0 radical (unpaired) electrons. The number of fused-ring (bicyclic) bond motifs is 1. The van der Waals surface area contributed by atoms with E-state index in [1.165, 1.54) is 0 Å². The van der Waals surface area contributed by atoms with Crippen LogP contribution in [-0.4, -0.2) is 41.8 Å². The Labute approximate surface area is 156 Å². The number of aromatic amines is 1. The molecule has 1 saturated carbocycles. The monoisotopic (exact) mass is 369 g/mol. The Kier molecular flexibility index (Phi) is 3.98. The molecule has 1 aromatic carbocycles. The molecule has 0 aliphatic heterocycles. The standard InChI is InChI=1S/C19H20N4O4/c1-19(5-6-19)18(24)23-10-21-16-17(23)22-12(9-20-16)11-7-13(25-2)15(27-4)14(8-11)26-3/h7-10H,5-6H2,1-4H3/p+1. The maximum absolute atomic E-state index is 12.8. The van der Waals surface area contributed by atoms with Gasteiger partial charge in [-0.3, -0.25) is 4.79 Å². The highest BCUT2D eigenvalue weighted by atomic mass is 16.5. The van der Waals surface area contributed by atoms with Gasteiger partial charge in [-0.1, -0.05) is 0 Å². The first-order valence-electron chi connectivity index (χ1n) is 8.61. The molecular formula is C19H21N4O4+. The lowest BCUT2D eigenvalue weighted by Crippen LogP contribution is -2.20. The third-order valence-corrected chi connectivity index (χ3v) is 5.01. The van der Waals surface area contributed by atoms with Crippen LogP contribution in [0.25, 0.3) is 22.6 Å². The Morgan fingerprint density at radius 3 is 2.37 bits per heavy atom. The van der Waals surface area contributed by atoms with Crippen LogP contribution in [0.2, 0.25) is 0 Å². The summed E-state index contributed by atoms with van der Waals surface area (Å²) in [5.41, 5.74) is 2.10. The molecular weight excluding hydrogens is 348 g/mol. The van der Waals surface area contributed by atoms with E-state index in [1.807, 2.05) is 6.92 Å². The Morgan fingerprint density at radius 1 is 1.15 bits per heavy atom. The summed E-state index contributed by atoms with van der Waals surface area (Å²) in [7, 11) is 4.68. The first-order chi connectivity index (χ1) is 13.0. The van der Waals surface area contributed by atoms with Crippen molar-refractivity contribution in [2.45, 2.75) is 19.8 Å². The minimum Gasteiger partial charge on any atom is -0.493 e. The molecule has 1 aliphatic carbocycles. The van der Waals surface area contributed by atoms with E-state index in [1.54, 1.807) is 50.6 Å². The van der Waals surface area contributed by atoms with Crippen molar-refractivity contribution >= 4 is 17.2 Å². The van der Waals surface area contributed by atoms with Gasteiger partial charge in [0.2, 0.25) is 5.75 Å². The van der Waals surface area contributed by atoms with E-state index < -0.39 is 0 Å². The third-order valence-electron chi connectivity index (χ3n) is 5.01. The molecule has 0 spiro atoms. The van der Waals surface area contributed by atoms with Gasteiger partial charge in [0.15, 0.2) is 17.8 Å². The molecule has 8 heteroatoms. The molecule has 140 valence electrons. The molecule has 8 nitrogen and oxygen atoms in total. The summed E-state index contributed by atoms with van der Waals surface area (Å²) < 4.78 is 17.7. The maximum atomic E-state index is 12.8. The summed E-state index contributed by atoms with van der Waals surface area (Å²) in [6, 6.07) is 3.61. The number of nitrogens with one attached hydrogen (secondary N) is 1. The number of ether oxygens (including phenoxy) is 3. The zero-order chi connectivity index (χ0) is 19.2. The maximum Gasteiger partial charge on any atom is 0.320 e. The first kappa shape index (κ1) is 17.3. The van der Waals surface area contributed by atoms with E-state index >= 15 is 0 Å². The summed E-state index contributed by atoms with van der Waals surface area (Å²) in [6.45, 7) is 1.97. The van der Waals surface area contributed by atoms with Crippen molar-refractivity contribution in [2.24, 2.45) is 5.41 Å². The van der Waals surface area contributed by atoms with Crippen LogP contribution in [-0.2, 0) is 0 Å². The fourth-order valence-electron chi connectivity index (χ4n) is 3.05. The van der Waals surface area contributed by atoms with E-state index in [4.69, 9.17) is 14.2 Å². The molecule has 0 amide bonds. The fourth-order valence-corrected chi connectivity index (χ4v) is 3.05. The number of carbonyl (C=O) groups excluding carboxylic acids is 1. The van der Waals surface area contributed by atoms with Crippen LogP contribution in [0.3, 0.4) is 0 Å². The van der Waals surface area contributed by atoms with Gasteiger partial charge in [-0.15, -0.1) is 4.98 Å². The van der Waals surface area contributed by atoms with Crippen LogP contribution in [0.5, 0.6) is 17.2 Å². The normalized spacial score (nSPS) is 14.8. The summed E-state index contributed by atoms with van der Waals surface area (Å²) in [4.78, 5) is 24.8. The van der Waals surface area contributed by atoms with Crippen LogP contribution in [0, 0.1) is 5.41 Å². The highest BCUT2D eigenvalue weighted by Gasteiger charge is 2.48. The minimum absolute atomic E-state index is 0.0325. The molecule has 0 unspecified atom stereocenters. The first-order valence-corrected chi connectivity index (χ1v) is 8.61. The number of imidazole rings is 1. The van der Waals surface area contributed by atoms with E-state index in [0.29, 0.717) is 34.2 Å². The van der Waals surface area contributed by atoms with Crippen LogP contribution >= 0.6 is 0 Å². The summed E-state index contributed by atoms with van der Waals surface area (Å²) >= 11 is 0. The highest BCUT2D eigenvalue weighted by Crippen LogP contribution is 2.46. The Hall–Kier alpha value is -3.16. The average Bonchev–Trinajstić information content (AvgIpc) is 3.31. The average molecular weight is 369 g/mol. The number of benzene rings is 1. The number of rotatable bonds is 5. The second-order valence-electron chi connectivity index (χ2n) is 6.85. The van der Waals surface area contributed by atoms with Crippen LogP contribution < -0.4 is 19.2 Å². The zero-order valence-electron chi connectivity index (χ0n) is 15.7. The van der Waals surface area contributed by atoms with Gasteiger partial charge in [0, 0.05) is 5.56 Å². The van der Waals surface area contributed by atoms with Crippen molar-refractivity contribution < 1.29 is 24.0 Å². The molecule has 1 aliphatic rings. The third kappa shape index (κ3) is 2.77. The topological polar surface area (TPSA) is 89.6 Å². The van der Waals surface area contributed by atoms with Crippen molar-refractivity contribution in [3.63, 3.8) is 0 Å². The van der Waals surface area contributed by atoms with Crippen LogP contribution in [0.15, 0.2) is 24.7 Å². The van der Waals surface area contributed by atoms with Gasteiger partial charge < -0.3 is 14.2 Å². The lowest BCUT2D eigenvalue weighted by Gasteiger charge is -2.13. The Balaban J connectivity index is 1.84. The van der Waals surface area contributed by atoms with Crippen LogP contribution in [0.4, 0.5) is 0 Å². The van der Waals surface area contributed by atoms with E-state index in [-0.39, 0.29) is 11.3 Å². The van der Waals surface area contributed by atoms with E-state index in [9.17, 15) is 4.79 Å². The Bertz CT molecular complexity index is 1010. The van der Waals surface area contributed by atoms with E-state index in [2.05, 4.69) is 15.0 Å². The van der Waals surface area contributed by atoms with Crippen molar-refractivity contribution in [2.75, 3.05) is 21.3 Å². The molecule has 2 aromatic heterocycles. The van der Waals surface area contributed by atoms with Gasteiger partial charge in [0.25, 0.3) is 11.6 Å². The summed E-state index contributed by atoms with van der Waals surface area (Å²) in [6.07, 6.45) is 5.06. The SMILES string of the molecule is COc1cc(-c2cnc3[nH+]cn(C(=O)C4(C)CC4)c3n2)cc(OC)c1OC. The van der Waals surface area contributed by atoms with Gasteiger partial charge in [-0.05, 0) is 31.9 Å². The van der Waals surface area contributed by atoms with E-state index in [0.717, 1.165) is 18.4 Å². The van der Waals surface area contributed by atoms with Gasteiger partial charge in [-0.25, -0.2) is 9.97 Å². The summed E-state index contributed by atoms with van der Waals surface area (Å²) in [5, 5.41) is 0. The lowest BCUT2D eigenvalue weighted by molar-refractivity contribution is -0.348. The molecule has 0 atom stereocenters. The van der Waals surface area contributed by atoms with Crippen molar-refractivity contribution in [1.29, 1.82) is 0 Å². The second-order valence-corrected chi connectivity index (χ2v) is 6.85. The second kappa shape index (κ2) is 6.22. The molecule has 3 aromatic rings. The van der Waals surface area contributed by atoms with Gasteiger partial charge in [-0.2, -0.15) is 4.57 Å². The number of carbonyl (C=O) groups is 1. The number of hydrogen-bond donors (Lipinski definition) is 0. The van der Waals surface area contributed by atoms with Crippen molar-refractivity contribution in [3.05, 3.63) is 24.7 Å². The molecule has 2 heterocycles. The van der Waals surface area contributed by atoms with Gasteiger partial charge in [0.05, 0.1) is 26.7 Å². The highest BCUT2D eigenvalue weighted by molar-refractivity contribution is 5.92. The molecule has 0 saturated heterocycles. The molecule has 1 fully saturated rings. The number of methoxy groups -OCH3 is 3. The van der Waals surface area contributed by atoms with Gasteiger partial charge >= 0.3 is 5.65 Å². The number of hydrogen-bond acceptors (Lipinski definition) is 6. The number of H-pyrrole nitrogens is 1. The molecule has 0 bridgehead atoms. The molecule has 27 heavy (non-hydrogen) atoms.